The topological polar surface area (TPSA) is 6.48 Å². The average Bonchev–Trinajstić information content (AvgIpc) is 4.01. The Morgan fingerprint density at radius 3 is 1.52 bits per heavy atom. The maximum absolute atomic E-state index is 2.64. The van der Waals surface area contributed by atoms with E-state index in [-0.39, 0.29) is 12.1 Å². The molecule has 0 amide bonds. The van der Waals surface area contributed by atoms with Gasteiger partial charge in [-0.25, -0.2) is 0 Å². The lowest BCUT2D eigenvalue weighted by molar-refractivity contribution is 0.590. The van der Waals surface area contributed by atoms with E-state index in [0.717, 1.165) is 0 Å². The molecule has 69 heavy (non-hydrogen) atoms. The highest BCUT2D eigenvalue weighted by Gasteiger charge is 2.61. The molecule has 1 aromatic heterocycles. The summed E-state index contributed by atoms with van der Waals surface area (Å²) in [7, 11) is 0. The SMILES string of the molecule is Cc1ccc(N2c3cccc4c3B(c3ccc(C(C)(C)C)cc3N4c3ccccc3)c3sc4c(c32)-c2ccccc2C42c3ccccc3C3(c4ccccc4-c4ccccc43)c3ccccc32)cc1. The van der Waals surface area contributed by atoms with E-state index in [4.69, 9.17) is 0 Å². The summed E-state index contributed by atoms with van der Waals surface area (Å²) in [6.45, 7) is 9.21. The Morgan fingerprint density at radius 2 is 0.928 bits per heavy atom. The van der Waals surface area contributed by atoms with Gasteiger partial charge < -0.3 is 9.80 Å². The molecule has 15 rings (SSSR count). The molecule has 2 aliphatic heterocycles. The lowest BCUT2D eigenvalue weighted by Gasteiger charge is -2.48. The van der Waals surface area contributed by atoms with Crippen LogP contribution in [0.2, 0.25) is 0 Å². The number of thiophene rings is 1. The molecule has 0 saturated heterocycles. The minimum atomic E-state index is -0.587. The molecule has 3 aliphatic carbocycles. The van der Waals surface area contributed by atoms with Crippen LogP contribution in [0.4, 0.5) is 34.1 Å². The van der Waals surface area contributed by atoms with Gasteiger partial charge in [0.1, 0.15) is 0 Å². The first-order chi connectivity index (χ1) is 33.8. The molecule has 0 atom stereocenters. The molecule has 10 aromatic rings. The zero-order chi connectivity index (χ0) is 46.0. The van der Waals surface area contributed by atoms with E-state index in [0.29, 0.717) is 0 Å². The molecule has 4 heteroatoms. The number of para-hydroxylation sites is 1. The highest BCUT2D eigenvalue weighted by atomic mass is 32.1. The van der Waals surface area contributed by atoms with Crippen LogP contribution in [0.3, 0.4) is 0 Å². The third-order valence-corrected chi connectivity index (χ3v) is 17.7. The number of rotatable bonds is 2. The van der Waals surface area contributed by atoms with Gasteiger partial charge in [0.05, 0.1) is 16.5 Å². The van der Waals surface area contributed by atoms with Crippen LogP contribution in [0.15, 0.2) is 212 Å². The molecule has 0 fully saturated rings. The van der Waals surface area contributed by atoms with Crippen molar-refractivity contribution >= 4 is 67.9 Å². The predicted octanol–water partition coefficient (Wildman–Crippen LogP) is 14.5. The van der Waals surface area contributed by atoms with E-state index in [2.05, 4.69) is 261 Å². The van der Waals surface area contributed by atoms with Crippen LogP contribution in [0.25, 0.3) is 22.3 Å². The van der Waals surface area contributed by atoms with Gasteiger partial charge >= 0.3 is 0 Å². The summed E-state index contributed by atoms with van der Waals surface area (Å²) < 4.78 is 1.40. The molecule has 2 nitrogen and oxygen atoms in total. The molecule has 0 unspecified atom stereocenters. The van der Waals surface area contributed by atoms with E-state index in [9.17, 15) is 0 Å². The summed E-state index contributed by atoms with van der Waals surface area (Å²) in [4.78, 5) is 6.59. The van der Waals surface area contributed by atoms with Crippen LogP contribution >= 0.6 is 11.3 Å². The minimum Gasteiger partial charge on any atom is -0.311 e. The van der Waals surface area contributed by atoms with Gasteiger partial charge in [0, 0.05) is 43.7 Å². The van der Waals surface area contributed by atoms with Gasteiger partial charge in [-0.1, -0.05) is 196 Å². The van der Waals surface area contributed by atoms with Gasteiger partial charge in [0.25, 0.3) is 6.71 Å². The first kappa shape index (κ1) is 39.4. The average molecular weight is 899 g/mol. The minimum absolute atomic E-state index is 0.00528. The van der Waals surface area contributed by atoms with Gasteiger partial charge in [-0.05, 0) is 127 Å². The number of nitrogens with zero attached hydrogens (tertiary/aromatic N) is 2. The molecule has 3 heterocycles. The number of hydrogen-bond acceptors (Lipinski definition) is 3. The number of anilines is 6. The van der Waals surface area contributed by atoms with E-state index < -0.39 is 10.8 Å². The number of hydrogen-bond donors (Lipinski definition) is 0. The van der Waals surface area contributed by atoms with Gasteiger partial charge in [0.15, 0.2) is 0 Å². The summed E-state index contributed by atoms with van der Waals surface area (Å²) in [5.41, 5.74) is 26.5. The fourth-order valence-corrected chi connectivity index (χ4v) is 15.3. The number of benzene rings is 9. The van der Waals surface area contributed by atoms with Crippen LogP contribution in [0.1, 0.15) is 75.7 Å². The highest BCUT2D eigenvalue weighted by Crippen LogP contribution is 2.69. The Kier molecular flexibility index (Phi) is 7.84. The summed E-state index contributed by atoms with van der Waals surface area (Å²) in [5, 5.41) is 0. The quantitative estimate of drug-likeness (QED) is 0.160. The van der Waals surface area contributed by atoms with Gasteiger partial charge in [-0.3, -0.25) is 0 Å². The van der Waals surface area contributed by atoms with Crippen LogP contribution in [-0.4, -0.2) is 6.71 Å². The second kappa shape index (κ2) is 13.7. The molecule has 0 saturated carbocycles. The van der Waals surface area contributed by atoms with Gasteiger partial charge in [-0.15, -0.1) is 11.3 Å². The van der Waals surface area contributed by atoms with Gasteiger partial charge in [-0.2, -0.15) is 0 Å². The molecular formula is C65H47BN2S. The zero-order valence-corrected chi connectivity index (χ0v) is 39.9. The smallest absolute Gasteiger partial charge is 0.264 e. The summed E-state index contributed by atoms with van der Waals surface area (Å²) in [6.07, 6.45) is 0. The number of fused-ring (bicyclic) bond motifs is 21. The Labute approximate surface area is 408 Å². The van der Waals surface area contributed by atoms with Crippen LogP contribution in [0.5, 0.6) is 0 Å². The monoisotopic (exact) mass is 898 g/mol. The second-order valence-corrected chi connectivity index (χ2v) is 21.8. The Bertz CT molecular complexity index is 3720. The van der Waals surface area contributed by atoms with Crippen molar-refractivity contribution in [2.75, 3.05) is 9.80 Å². The fraction of sp³-hybridized carbons (Fsp3) is 0.108. The first-order valence-electron chi connectivity index (χ1n) is 24.5. The second-order valence-electron chi connectivity index (χ2n) is 20.8. The van der Waals surface area contributed by atoms with E-state index in [1.807, 2.05) is 0 Å². The van der Waals surface area contributed by atoms with Crippen molar-refractivity contribution in [1.29, 1.82) is 0 Å². The summed E-state index contributed by atoms with van der Waals surface area (Å²) in [5.74, 6) is 0. The molecule has 0 radical (unpaired) electrons. The molecule has 326 valence electrons. The van der Waals surface area contributed by atoms with Crippen LogP contribution in [0, 0.1) is 6.92 Å². The molecule has 0 bridgehead atoms. The largest absolute Gasteiger partial charge is 0.311 e. The third kappa shape index (κ3) is 4.82. The zero-order valence-electron chi connectivity index (χ0n) is 39.1. The number of aryl methyl sites for hydroxylation is 1. The van der Waals surface area contributed by atoms with Crippen molar-refractivity contribution in [2.24, 2.45) is 0 Å². The Balaban J connectivity index is 1.09. The van der Waals surface area contributed by atoms with E-state index in [1.54, 1.807) is 0 Å². The van der Waals surface area contributed by atoms with Crippen molar-refractivity contribution in [3.63, 3.8) is 0 Å². The van der Waals surface area contributed by atoms with Crippen molar-refractivity contribution in [3.8, 4) is 22.3 Å². The first-order valence-corrected chi connectivity index (χ1v) is 25.3. The van der Waals surface area contributed by atoms with Crippen molar-refractivity contribution in [2.45, 2.75) is 43.9 Å². The van der Waals surface area contributed by atoms with Crippen molar-refractivity contribution in [3.05, 3.63) is 267 Å². The van der Waals surface area contributed by atoms with Crippen LogP contribution in [-0.2, 0) is 16.2 Å². The maximum Gasteiger partial charge on any atom is 0.264 e. The van der Waals surface area contributed by atoms with Crippen LogP contribution < -0.4 is 25.5 Å². The summed E-state index contributed by atoms with van der Waals surface area (Å²) >= 11 is 2.07. The molecule has 9 aromatic carbocycles. The summed E-state index contributed by atoms with van der Waals surface area (Å²) in [6, 6.07) is 81.5. The maximum atomic E-state index is 2.64. The highest BCUT2D eigenvalue weighted by molar-refractivity contribution is 7.30. The molecule has 0 N–H and O–H groups in total. The standard InChI is InChI=1S/C65H47BN2S/c1-40-33-36-43(37-34-40)68-56-32-18-31-55-59(56)66(54-38-35-41(63(2,3)4)39-57(54)67(55)42-19-6-5-7-20-42)62-60(68)58-46-23-10-13-26-49(46)65(61(58)69-62)52-29-16-14-27-50(52)64(51-28-15-17-30-53(51)65)47-24-11-8-21-44(47)45-22-9-12-25-48(45)64/h5-39H,1-4H3. The predicted molar refractivity (Wildman–Crippen MR) is 290 cm³/mol. The molecular weight excluding hydrogens is 852 g/mol. The Morgan fingerprint density at radius 1 is 0.435 bits per heavy atom. The Hall–Kier alpha value is -7.66. The molecule has 2 spiro atoms. The van der Waals surface area contributed by atoms with Gasteiger partial charge in [0.2, 0.25) is 0 Å². The molecule has 5 aliphatic rings. The third-order valence-electron chi connectivity index (χ3n) is 16.3. The lowest BCUT2D eigenvalue weighted by atomic mass is 9.36. The van der Waals surface area contributed by atoms with E-state index >= 15 is 0 Å². The fourth-order valence-electron chi connectivity index (χ4n) is 13.6. The van der Waals surface area contributed by atoms with Crippen molar-refractivity contribution < 1.29 is 0 Å². The van der Waals surface area contributed by atoms with E-state index in [1.165, 1.54) is 127 Å². The van der Waals surface area contributed by atoms with Crippen molar-refractivity contribution in [1.82, 2.24) is 0 Å². The lowest BCUT2D eigenvalue weighted by Crippen LogP contribution is -2.60. The normalized spacial score (nSPS) is 15.4.